The Hall–Kier alpha value is -1.75. The SMILES string of the molecule is CNc1ccc2c(c1)N(C1CCNCC1)C(=O)CO2. The Labute approximate surface area is 112 Å². The highest BCUT2D eigenvalue weighted by Gasteiger charge is 2.32. The second-order valence-corrected chi connectivity index (χ2v) is 4.97. The third-order valence-electron chi connectivity index (χ3n) is 3.80. The Balaban J connectivity index is 1.97. The zero-order valence-corrected chi connectivity index (χ0v) is 11.1. The molecule has 1 fully saturated rings. The van der Waals surface area contributed by atoms with Gasteiger partial charge >= 0.3 is 0 Å². The van der Waals surface area contributed by atoms with E-state index in [2.05, 4.69) is 10.6 Å². The minimum Gasteiger partial charge on any atom is -0.482 e. The lowest BCUT2D eigenvalue weighted by molar-refractivity contribution is -0.121. The molecule has 19 heavy (non-hydrogen) atoms. The predicted octanol–water partition coefficient (Wildman–Crippen LogP) is 1.21. The summed E-state index contributed by atoms with van der Waals surface area (Å²) in [5.74, 6) is 0.866. The number of carbonyl (C=O) groups excluding carboxylic acids is 1. The van der Waals surface area contributed by atoms with Gasteiger partial charge in [0, 0.05) is 18.8 Å². The van der Waals surface area contributed by atoms with Crippen molar-refractivity contribution in [2.75, 3.05) is 37.0 Å². The van der Waals surface area contributed by atoms with Crippen molar-refractivity contribution < 1.29 is 9.53 Å². The molecule has 2 aliphatic heterocycles. The van der Waals surface area contributed by atoms with Crippen LogP contribution >= 0.6 is 0 Å². The van der Waals surface area contributed by atoms with Gasteiger partial charge in [-0.3, -0.25) is 4.79 Å². The van der Waals surface area contributed by atoms with Crippen molar-refractivity contribution in [3.63, 3.8) is 0 Å². The number of nitrogens with zero attached hydrogens (tertiary/aromatic N) is 1. The fourth-order valence-electron chi connectivity index (χ4n) is 2.79. The lowest BCUT2D eigenvalue weighted by Crippen LogP contribution is -2.49. The minimum absolute atomic E-state index is 0.0626. The van der Waals surface area contributed by atoms with Crippen molar-refractivity contribution in [3.8, 4) is 5.75 Å². The Kier molecular flexibility index (Phi) is 3.29. The number of amides is 1. The number of carbonyl (C=O) groups is 1. The van der Waals surface area contributed by atoms with Gasteiger partial charge in [-0.1, -0.05) is 0 Å². The highest BCUT2D eigenvalue weighted by atomic mass is 16.5. The fraction of sp³-hybridized carbons (Fsp3) is 0.500. The van der Waals surface area contributed by atoms with Crippen LogP contribution in [0.25, 0.3) is 0 Å². The Morgan fingerprint density at radius 3 is 2.89 bits per heavy atom. The van der Waals surface area contributed by atoms with Crippen LogP contribution in [-0.2, 0) is 4.79 Å². The summed E-state index contributed by atoms with van der Waals surface area (Å²) in [6, 6.07) is 6.18. The molecule has 1 aromatic carbocycles. The van der Waals surface area contributed by atoms with Gasteiger partial charge in [0.2, 0.25) is 0 Å². The molecule has 0 unspecified atom stereocenters. The second-order valence-electron chi connectivity index (χ2n) is 4.97. The van der Waals surface area contributed by atoms with Crippen molar-refractivity contribution in [1.29, 1.82) is 0 Å². The summed E-state index contributed by atoms with van der Waals surface area (Å²) in [6.45, 7) is 2.09. The van der Waals surface area contributed by atoms with Crippen LogP contribution in [0.4, 0.5) is 11.4 Å². The monoisotopic (exact) mass is 261 g/mol. The molecule has 102 valence electrons. The topological polar surface area (TPSA) is 53.6 Å². The van der Waals surface area contributed by atoms with Gasteiger partial charge in [0.05, 0.1) is 5.69 Å². The maximum absolute atomic E-state index is 12.2. The van der Waals surface area contributed by atoms with Crippen LogP contribution in [0.15, 0.2) is 18.2 Å². The lowest BCUT2D eigenvalue weighted by Gasteiger charge is -2.38. The van der Waals surface area contributed by atoms with Gasteiger partial charge in [0.15, 0.2) is 6.61 Å². The molecule has 1 amide bonds. The van der Waals surface area contributed by atoms with Crippen molar-refractivity contribution in [2.24, 2.45) is 0 Å². The normalized spacial score (nSPS) is 19.8. The molecule has 2 N–H and O–H groups in total. The molecule has 1 saturated heterocycles. The van der Waals surface area contributed by atoms with E-state index in [1.807, 2.05) is 30.1 Å². The molecule has 5 heteroatoms. The van der Waals surface area contributed by atoms with E-state index in [-0.39, 0.29) is 18.6 Å². The molecule has 5 nitrogen and oxygen atoms in total. The molecule has 0 radical (unpaired) electrons. The third kappa shape index (κ3) is 2.26. The van der Waals surface area contributed by atoms with Crippen LogP contribution in [0.2, 0.25) is 0 Å². The first-order valence-corrected chi connectivity index (χ1v) is 6.77. The van der Waals surface area contributed by atoms with E-state index in [1.54, 1.807) is 0 Å². The zero-order valence-electron chi connectivity index (χ0n) is 11.1. The van der Waals surface area contributed by atoms with Crippen LogP contribution in [0.1, 0.15) is 12.8 Å². The number of nitrogens with one attached hydrogen (secondary N) is 2. The summed E-state index contributed by atoms with van der Waals surface area (Å²) in [5, 5.41) is 6.44. The van der Waals surface area contributed by atoms with Crippen molar-refractivity contribution >= 4 is 17.3 Å². The molecule has 2 aliphatic rings. The van der Waals surface area contributed by atoms with E-state index in [4.69, 9.17) is 4.74 Å². The van der Waals surface area contributed by atoms with Crippen molar-refractivity contribution in [1.82, 2.24) is 5.32 Å². The highest BCUT2D eigenvalue weighted by Crippen LogP contribution is 2.36. The zero-order chi connectivity index (χ0) is 13.2. The van der Waals surface area contributed by atoms with E-state index in [1.165, 1.54) is 0 Å². The quantitative estimate of drug-likeness (QED) is 0.840. The summed E-state index contributed by atoms with van der Waals surface area (Å²) >= 11 is 0. The molecule has 3 rings (SSSR count). The van der Waals surface area contributed by atoms with Gasteiger partial charge in [-0.15, -0.1) is 0 Å². The molecule has 2 heterocycles. The molecular weight excluding hydrogens is 242 g/mol. The smallest absolute Gasteiger partial charge is 0.265 e. The van der Waals surface area contributed by atoms with E-state index >= 15 is 0 Å². The first-order valence-electron chi connectivity index (χ1n) is 6.77. The largest absolute Gasteiger partial charge is 0.482 e. The average Bonchev–Trinajstić information content (AvgIpc) is 2.47. The summed E-state index contributed by atoms with van der Waals surface area (Å²) in [6.07, 6.45) is 1.99. The van der Waals surface area contributed by atoms with Crippen LogP contribution in [0.5, 0.6) is 5.75 Å². The number of piperidine rings is 1. The number of hydrogen-bond donors (Lipinski definition) is 2. The van der Waals surface area contributed by atoms with Crippen molar-refractivity contribution in [2.45, 2.75) is 18.9 Å². The van der Waals surface area contributed by atoms with Crippen LogP contribution < -0.4 is 20.3 Å². The fourth-order valence-corrected chi connectivity index (χ4v) is 2.79. The van der Waals surface area contributed by atoms with E-state index in [9.17, 15) is 4.79 Å². The third-order valence-corrected chi connectivity index (χ3v) is 3.80. The second kappa shape index (κ2) is 5.09. The maximum atomic E-state index is 12.2. The van der Waals surface area contributed by atoms with Gasteiger partial charge in [0.25, 0.3) is 5.91 Å². The standard InChI is InChI=1S/C14H19N3O2/c1-15-10-2-3-13-12(8-10)17(14(18)9-19-13)11-4-6-16-7-5-11/h2-3,8,11,15-16H,4-7,9H2,1H3. The Morgan fingerprint density at radius 1 is 1.37 bits per heavy atom. The molecule has 0 aliphatic carbocycles. The molecule has 1 aromatic rings. The number of anilines is 2. The molecular formula is C14H19N3O2. The Bertz CT molecular complexity index is 484. The van der Waals surface area contributed by atoms with Gasteiger partial charge < -0.3 is 20.3 Å². The molecule has 0 bridgehead atoms. The summed E-state index contributed by atoms with van der Waals surface area (Å²) in [4.78, 5) is 14.1. The molecule has 0 saturated carbocycles. The highest BCUT2D eigenvalue weighted by molar-refractivity contribution is 5.99. The van der Waals surface area contributed by atoms with E-state index in [0.29, 0.717) is 0 Å². The molecule has 0 atom stereocenters. The minimum atomic E-state index is 0.0626. The Morgan fingerprint density at radius 2 is 2.16 bits per heavy atom. The number of fused-ring (bicyclic) bond motifs is 1. The molecule has 0 aromatic heterocycles. The number of ether oxygens (including phenoxy) is 1. The van der Waals surface area contributed by atoms with Gasteiger partial charge in [-0.25, -0.2) is 0 Å². The number of rotatable bonds is 2. The summed E-state index contributed by atoms with van der Waals surface area (Å²) in [7, 11) is 1.88. The maximum Gasteiger partial charge on any atom is 0.265 e. The average molecular weight is 261 g/mol. The van der Waals surface area contributed by atoms with Crippen molar-refractivity contribution in [3.05, 3.63) is 18.2 Å². The number of benzene rings is 1. The molecule has 0 spiro atoms. The first kappa shape index (κ1) is 12.3. The van der Waals surface area contributed by atoms with E-state index in [0.717, 1.165) is 43.1 Å². The van der Waals surface area contributed by atoms with Gasteiger partial charge in [-0.2, -0.15) is 0 Å². The summed E-state index contributed by atoms with van der Waals surface area (Å²) < 4.78 is 5.52. The predicted molar refractivity (Wildman–Crippen MR) is 74.9 cm³/mol. The first-order chi connectivity index (χ1) is 9.29. The van der Waals surface area contributed by atoms with Crippen LogP contribution in [-0.4, -0.2) is 38.7 Å². The van der Waals surface area contributed by atoms with Gasteiger partial charge in [0.1, 0.15) is 5.75 Å². The van der Waals surface area contributed by atoms with Crippen LogP contribution in [0, 0.1) is 0 Å². The van der Waals surface area contributed by atoms with Gasteiger partial charge in [-0.05, 0) is 44.1 Å². The number of hydrogen-bond acceptors (Lipinski definition) is 4. The lowest BCUT2D eigenvalue weighted by atomic mass is 10.0. The van der Waals surface area contributed by atoms with E-state index < -0.39 is 0 Å². The summed E-state index contributed by atoms with van der Waals surface area (Å²) in [5.41, 5.74) is 1.89. The van der Waals surface area contributed by atoms with Crippen LogP contribution in [0.3, 0.4) is 0 Å².